The highest BCUT2D eigenvalue weighted by Crippen LogP contribution is 2.33. The Hall–Kier alpha value is -2.82. The van der Waals surface area contributed by atoms with Crippen molar-refractivity contribution in [2.45, 2.75) is 25.8 Å². The summed E-state index contributed by atoms with van der Waals surface area (Å²) in [4.78, 5) is 26.4. The molecule has 0 radical (unpaired) electrons. The van der Waals surface area contributed by atoms with Crippen LogP contribution in [0, 0.1) is 0 Å². The summed E-state index contributed by atoms with van der Waals surface area (Å²) < 4.78 is 5.27. The number of hydrogen-bond acceptors (Lipinski definition) is 3. The molecule has 0 saturated carbocycles. The predicted octanol–water partition coefficient (Wildman–Crippen LogP) is 3.17. The summed E-state index contributed by atoms with van der Waals surface area (Å²) in [5.74, 6) is 0.463. The van der Waals surface area contributed by atoms with E-state index in [0.717, 1.165) is 12.0 Å². The second-order valence-corrected chi connectivity index (χ2v) is 6.13. The molecule has 0 saturated heterocycles. The molecule has 0 spiro atoms. The van der Waals surface area contributed by atoms with E-state index in [0.29, 0.717) is 18.0 Å². The highest BCUT2D eigenvalue weighted by atomic mass is 16.5. The molecule has 0 bridgehead atoms. The monoisotopic (exact) mass is 338 g/mol. The number of carbonyl (C=O) groups excluding carboxylic acids is 2. The first-order valence-corrected chi connectivity index (χ1v) is 8.38. The van der Waals surface area contributed by atoms with Crippen molar-refractivity contribution >= 4 is 17.5 Å². The predicted molar refractivity (Wildman–Crippen MR) is 96.5 cm³/mol. The van der Waals surface area contributed by atoms with Crippen LogP contribution in [0.25, 0.3) is 0 Å². The first kappa shape index (κ1) is 17.0. The number of amides is 2. The molecule has 0 fully saturated rings. The molecule has 1 N–H and O–H groups in total. The average molecular weight is 338 g/mol. The summed E-state index contributed by atoms with van der Waals surface area (Å²) in [6.07, 6.45) is 1.04. The van der Waals surface area contributed by atoms with Crippen molar-refractivity contribution in [3.05, 3.63) is 59.7 Å². The average Bonchev–Trinajstić information content (AvgIpc) is 2.62. The maximum atomic E-state index is 12.6. The molecule has 5 nitrogen and oxygen atoms in total. The molecule has 1 heterocycles. The number of rotatable bonds is 4. The van der Waals surface area contributed by atoms with Gasteiger partial charge in [-0.1, -0.05) is 36.4 Å². The maximum Gasteiger partial charge on any atom is 0.226 e. The van der Waals surface area contributed by atoms with Crippen molar-refractivity contribution in [3.63, 3.8) is 0 Å². The highest BCUT2D eigenvalue weighted by molar-refractivity contribution is 5.93. The molecule has 1 aliphatic heterocycles. The van der Waals surface area contributed by atoms with E-state index < -0.39 is 0 Å². The second kappa shape index (κ2) is 7.38. The fraction of sp³-hybridized carbons (Fsp3) is 0.300. The Balaban J connectivity index is 1.81. The Morgan fingerprint density at radius 2 is 1.88 bits per heavy atom. The van der Waals surface area contributed by atoms with E-state index in [2.05, 4.69) is 11.4 Å². The van der Waals surface area contributed by atoms with Gasteiger partial charge >= 0.3 is 0 Å². The molecule has 25 heavy (non-hydrogen) atoms. The number of hydrogen-bond donors (Lipinski definition) is 1. The third-order valence-corrected chi connectivity index (χ3v) is 4.58. The summed E-state index contributed by atoms with van der Waals surface area (Å²) in [7, 11) is 1.57. The summed E-state index contributed by atoms with van der Waals surface area (Å²) in [6, 6.07) is 15.1. The van der Waals surface area contributed by atoms with Crippen LogP contribution in [-0.2, 0) is 16.0 Å². The zero-order valence-corrected chi connectivity index (χ0v) is 14.5. The molecule has 2 aromatic carbocycles. The quantitative estimate of drug-likeness (QED) is 0.931. The van der Waals surface area contributed by atoms with Gasteiger partial charge in [-0.2, -0.15) is 0 Å². The van der Waals surface area contributed by atoms with Crippen molar-refractivity contribution < 1.29 is 14.3 Å². The van der Waals surface area contributed by atoms with E-state index in [4.69, 9.17) is 4.74 Å². The normalized spacial score (nSPS) is 16.1. The lowest BCUT2D eigenvalue weighted by Gasteiger charge is -2.36. The van der Waals surface area contributed by atoms with Gasteiger partial charge in [0.05, 0.1) is 25.3 Å². The van der Waals surface area contributed by atoms with Crippen LogP contribution in [0.15, 0.2) is 48.5 Å². The van der Waals surface area contributed by atoms with E-state index in [9.17, 15) is 9.59 Å². The smallest absolute Gasteiger partial charge is 0.226 e. The number of fused-ring (bicyclic) bond motifs is 1. The number of nitrogens with zero attached hydrogens (tertiary/aromatic N) is 1. The van der Waals surface area contributed by atoms with Gasteiger partial charge < -0.3 is 15.0 Å². The van der Waals surface area contributed by atoms with Gasteiger partial charge in [0.1, 0.15) is 5.75 Å². The number of benzene rings is 2. The van der Waals surface area contributed by atoms with E-state index in [1.54, 1.807) is 31.1 Å². The molecule has 1 atom stereocenters. The fourth-order valence-corrected chi connectivity index (χ4v) is 3.37. The zero-order valence-electron chi connectivity index (χ0n) is 14.5. The molecule has 0 unspecified atom stereocenters. The van der Waals surface area contributed by atoms with Crippen LogP contribution < -0.4 is 10.1 Å². The fourth-order valence-electron chi connectivity index (χ4n) is 3.37. The minimum atomic E-state index is -0.239. The maximum absolute atomic E-state index is 12.6. The van der Waals surface area contributed by atoms with Gasteiger partial charge in [-0.25, -0.2) is 0 Å². The Bertz CT molecular complexity index is 788. The largest absolute Gasteiger partial charge is 0.495 e. The van der Waals surface area contributed by atoms with Crippen molar-refractivity contribution in [3.8, 4) is 5.75 Å². The van der Waals surface area contributed by atoms with Crippen LogP contribution in [0.3, 0.4) is 0 Å². The Labute approximate surface area is 147 Å². The van der Waals surface area contributed by atoms with Crippen LogP contribution >= 0.6 is 0 Å². The molecule has 5 heteroatoms. The van der Waals surface area contributed by atoms with Crippen molar-refractivity contribution in [1.29, 1.82) is 0 Å². The van der Waals surface area contributed by atoms with Gasteiger partial charge in [0.25, 0.3) is 0 Å². The lowest BCUT2D eigenvalue weighted by molar-refractivity contribution is -0.132. The number of anilines is 1. The van der Waals surface area contributed by atoms with Gasteiger partial charge in [0.15, 0.2) is 0 Å². The van der Waals surface area contributed by atoms with Crippen molar-refractivity contribution in [1.82, 2.24) is 4.90 Å². The standard InChI is InChI=1S/C20H22N2O3/c1-14(23)22-12-11-15-7-3-4-8-16(15)18(22)13-20(24)21-17-9-5-6-10-19(17)25-2/h3-10,18H,11-13H2,1-2H3,(H,21,24)/t18-/m1/s1. The molecule has 130 valence electrons. The number of nitrogens with one attached hydrogen (secondary N) is 1. The zero-order chi connectivity index (χ0) is 17.8. The molecule has 2 amide bonds. The molecular formula is C20H22N2O3. The topological polar surface area (TPSA) is 58.6 Å². The van der Waals surface area contributed by atoms with Crippen LogP contribution in [0.5, 0.6) is 5.75 Å². The van der Waals surface area contributed by atoms with Gasteiger partial charge in [-0.15, -0.1) is 0 Å². The minimum Gasteiger partial charge on any atom is -0.495 e. The van der Waals surface area contributed by atoms with Crippen LogP contribution in [0.1, 0.15) is 30.5 Å². The van der Waals surface area contributed by atoms with Crippen LogP contribution in [0.2, 0.25) is 0 Å². The van der Waals surface area contributed by atoms with E-state index in [1.165, 1.54) is 5.56 Å². The SMILES string of the molecule is COc1ccccc1NC(=O)C[C@@H]1c2ccccc2CCN1C(C)=O. The minimum absolute atomic E-state index is 0.00963. The Morgan fingerprint density at radius 3 is 2.64 bits per heavy atom. The molecular weight excluding hydrogens is 316 g/mol. The number of ether oxygens (including phenoxy) is 1. The molecule has 2 aromatic rings. The van der Waals surface area contributed by atoms with E-state index in [1.807, 2.05) is 30.3 Å². The number of para-hydroxylation sites is 2. The van der Waals surface area contributed by atoms with Gasteiger partial charge in [0.2, 0.25) is 11.8 Å². The molecule has 1 aliphatic rings. The number of methoxy groups -OCH3 is 1. The van der Waals surface area contributed by atoms with Crippen molar-refractivity contribution in [2.24, 2.45) is 0 Å². The van der Waals surface area contributed by atoms with Crippen LogP contribution in [0.4, 0.5) is 5.69 Å². The van der Waals surface area contributed by atoms with E-state index >= 15 is 0 Å². The Kier molecular flexibility index (Phi) is 5.03. The summed E-state index contributed by atoms with van der Waals surface area (Å²) in [5, 5.41) is 2.90. The third-order valence-electron chi connectivity index (χ3n) is 4.58. The molecule has 0 aliphatic carbocycles. The van der Waals surface area contributed by atoms with Gasteiger partial charge in [0, 0.05) is 13.5 Å². The summed E-state index contributed by atoms with van der Waals surface area (Å²) >= 11 is 0. The molecule has 3 rings (SSSR count). The summed E-state index contributed by atoms with van der Waals surface area (Å²) in [5.41, 5.74) is 2.89. The van der Waals surface area contributed by atoms with Crippen molar-refractivity contribution in [2.75, 3.05) is 19.0 Å². The van der Waals surface area contributed by atoms with E-state index in [-0.39, 0.29) is 24.3 Å². The number of carbonyl (C=O) groups is 2. The molecule has 0 aromatic heterocycles. The first-order valence-electron chi connectivity index (χ1n) is 8.38. The second-order valence-electron chi connectivity index (χ2n) is 6.13. The van der Waals surface area contributed by atoms with Crippen LogP contribution in [-0.4, -0.2) is 30.4 Å². The Morgan fingerprint density at radius 1 is 1.16 bits per heavy atom. The lowest BCUT2D eigenvalue weighted by Crippen LogP contribution is -2.40. The van der Waals surface area contributed by atoms with Gasteiger partial charge in [-0.3, -0.25) is 9.59 Å². The van der Waals surface area contributed by atoms with Gasteiger partial charge in [-0.05, 0) is 29.7 Å². The highest BCUT2D eigenvalue weighted by Gasteiger charge is 2.30. The third kappa shape index (κ3) is 3.65. The first-order chi connectivity index (χ1) is 12.1. The lowest BCUT2D eigenvalue weighted by atomic mass is 9.90. The summed E-state index contributed by atoms with van der Waals surface area (Å²) in [6.45, 7) is 2.19.